The Hall–Kier alpha value is -0.130. The molecule has 12 heavy (non-hydrogen) atoms. The number of hydrogen-bond acceptors (Lipinski definition) is 3. The SMILES string of the molecule is CCCOS(=O)(=O)[N+](C)(C)CC. The second kappa shape index (κ2) is 4.20. The van der Waals surface area contributed by atoms with Crippen LogP contribution in [0.2, 0.25) is 0 Å². The molecule has 0 aromatic carbocycles. The summed E-state index contributed by atoms with van der Waals surface area (Å²) in [6.07, 6.45) is 0.711. The summed E-state index contributed by atoms with van der Waals surface area (Å²) in [7, 11) is -0.202. The summed E-state index contributed by atoms with van der Waals surface area (Å²) in [6, 6.07) is 0. The lowest BCUT2D eigenvalue weighted by Crippen LogP contribution is -2.46. The fraction of sp³-hybridized carbons (Fsp3) is 1.00. The predicted molar refractivity (Wildman–Crippen MR) is 47.8 cm³/mol. The molecule has 0 unspecified atom stereocenters. The molecule has 0 fully saturated rings. The van der Waals surface area contributed by atoms with Gasteiger partial charge in [-0.15, -0.1) is 8.42 Å². The lowest BCUT2D eigenvalue weighted by Gasteiger charge is -2.25. The van der Waals surface area contributed by atoms with E-state index in [1.165, 1.54) is 0 Å². The van der Waals surface area contributed by atoms with Crippen molar-refractivity contribution in [1.29, 1.82) is 0 Å². The van der Waals surface area contributed by atoms with Crippen LogP contribution in [0.15, 0.2) is 0 Å². The van der Waals surface area contributed by atoms with E-state index in [2.05, 4.69) is 0 Å². The Balaban J connectivity index is 4.40. The summed E-state index contributed by atoms with van der Waals surface area (Å²) in [5, 5.41) is 0. The molecule has 0 atom stereocenters. The summed E-state index contributed by atoms with van der Waals surface area (Å²) in [4.78, 5) is 0. The third kappa shape index (κ3) is 2.73. The van der Waals surface area contributed by atoms with Crippen molar-refractivity contribution >= 4 is 10.3 Å². The van der Waals surface area contributed by atoms with Gasteiger partial charge in [0.2, 0.25) is 0 Å². The number of rotatable bonds is 5. The maximum atomic E-state index is 11.4. The van der Waals surface area contributed by atoms with Crippen molar-refractivity contribution in [2.24, 2.45) is 0 Å². The minimum atomic E-state index is -3.43. The zero-order valence-corrected chi connectivity index (χ0v) is 9.02. The molecular formula is C7H18NO3S+. The highest BCUT2D eigenvalue weighted by molar-refractivity contribution is 7.81. The molecule has 0 saturated carbocycles. The van der Waals surface area contributed by atoms with E-state index < -0.39 is 10.3 Å². The molecule has 0 aromatic heterocycles. The molecule has 4 nitrogen and oxygen atoms in total. The molecule has 0 aliphatic carbocycles. The summed E-state index contributed by atoms with van der Waals surface area (Å²) < 4.78 is 27.4. The number of quaternary nitrogens is 1. The van der Waals surface area contributed by atoms with E-state index in [1.54, 1.807) is 14.1 Å². The number of hydrogen-bond donors (Lipinski definition) is 0. The first-order valence-electron chi connectivity index (χ1n) is 4.10. The molecule has 74 valence electrons. The molecule has 0 aliphatic rings. The molecule has 0 aromatic rings. The highest BCUT2D eigenvalue weighted by Gasteiger charge is 2.31. The molecule has 0 bridgehead atoms. The van der Waals surface area contributed by atoms with Crippen LogP contribution in [-0.2, 0) is 14.5 Å². The fourth-order valence-electron chi connectivity index (χ4n) is 0.489. The van der Waals surface area contributed by atoms with Crippen molar-refractivity contribution < 1.29 is 16.5 Å². The first-order valence-corrected chi connectivity index (χ1v) is 5.46. The van der Waals surface area contributed by atoms with Crippen LogP contribution in [0, 0.1) is 0 Å². The van der Waals surface area contributed by atoms with Crippen molar-refractivity contribution in [2.45, 2.75) is 20.3 Å². The summed E-state index contributed by atoms with van der Waals surface area (Å²) >= 11 is 0. The Kier molecular flexibility index (Phi) is 4.16. The van der Waals surface area contributed by atoms with Crippen LogP contribution in [0.25, 0.3) is 0 Å². The van der Waals surface area contributed by atoms with Gasteiger partial charge in [0.15, 0.2) is 0 Å². The van der Waals surface area contributed by atoms with Gasteiger partial charge in [0.25, 0.3) is 0 Å². The Labute approximate surface area is 75.0 Å². The van der Waals surface area contributed by atoms with Crippen LogP contribution in [0.4, 0.5) is 0 Å². The Morgan fingerprint density at radius 1 is 1.25 bits per heavy atom. The van der Waals surface area contributed by atoms with Gasteiger partial charge in [-0.1, -0.05) is 6.92 Å². The zero-order chi connectivity index (χ0) is 9.83. The average Bonchev–Trinajstić information content (AvgIpc) is 2.00. The summed E-state index contributed by atoms with van der Waals surface area (Å²) in [5.41, 5.74) is 0. The van der Waals surface area contributed by atoms with Gasteiger partial charge in [-0.2, -0.15) is 3.89 Å². The summed E-state index contributed by atoms with van der Waals surface area (Å²) in [6.45, 7) is 4.46. The second-order valence-corrected chi connectivity index (χ2v) is 5.22. The third-order valence-corrected chi connectivity index (χ3v) is 3.74. The average molecular weight is 196 g/mol. The highest BCUT2D eigenvalue weighted by atomic mass is 32.2. The van der Waals surface area contributed by atoms with E-state index in [9.17, 15) is 8.42 Å². The van der Waals surface area contributed by atoms with Crippen LogP contribution >= 0.6 is 0 Å². The third-order valence-electron chi connectivity index (χ3n) is 1.80. The topological polar surface area (TPSA) is 43.4 Å². The first-order chi connectivity index (χ1) is 5.37. The van der Waals surface area contributed by atoms with Crippen LogP contribution in [0.3, 0.4) is 0 Å². The van der Waals surface area contributed by atoms with Crippen molar-refractivity contribution in [3.8, 4) is 0 Å². The molecule has 0 saturated heterocycles. The molecule has 0 amide bonds. The molecule has 0 rings (SSSR count). The molecule has 0 heterocycles. The van der Waals surface area contributed by atoms with E-state index in [0.717, 1.165) is 0 Å². The lowest BCUT2D eigenvalue weighted by atomic mass is 10.5. The van der Waals surface area contributed by atoms with Gasteiger partial charge in [-0.3, -0.25) is 0 Å². The van der Waals surface area contributed by atoms with Crippen LogP contribution in [0.1, 0.15) is 20.3 Å². The molecular weight excluding hydrogens is 178 g/mol. The van der Waals surface area contributed by atoms with Crippen molar-refractivity contribution in [1.82, 2.24) is 0 Å². The molecule has 5 heteroatoms. The standard InChI is InChI=1S/C7H18NO3S/c1-5-7-11-12(9,10)8(3,4)6-2/h5-7H2,1-4H3/q+1. The van der Waals surface area contributed by atoms with E-state index in [0.29, 0.717) is 13.0 Å². The molecule has 0 spiro atoms. The van der Waals surface area contributed by atoms with E-state index in [-0.39, 0.29) is 10.5 Å². The molecule has 0 radical (unpaired) electrons. The van der Waals surface area contributed by atoms with Crippen LogP contribution in [0.5, 0.6) is 0 Å². The fourth-order valence-corrected chi connectivity index (χ4v) is 1.47. The van der Waals surface area contributed by atoms with Crippen molar-refractivity contribution in [3.63, 3.8) is 0 Å². The van der Waals surface area contributed by atoms with Gasteiger partial charge >= 0.3 is 10.3 Å². The Bertz CT molecular complexity index is 221. The van der Waals surface area contributed by atoms with E-state index in [4.69, 9.17) is 4.18 Å². The Morgan fingerprint density at radius 3 is 2.08 bits per heavy atom. The van der Waals surface area contributed by atoms with Gasteiger partial charge in [0.1, 0.15) is 0 Å². The molecule has 0 N–H and O–H groups in total. The van der Waals surface area contributed by atoms with Gasteiger partial charge in [-0.25, -0.2) is 4.18 Å². The van der Waals surface area contributed by atoms with Crippen LogP contribution in [-0.4, -0.2) is 39.6 Å². The van der Waals surface area contributed by atoms with Crippen LogP contribution < -0.4 is 0 Å². The zero-order valence-electron chi connectivity index (χ0n) is 8.20. The lowest BCUT2D eigenvalue weighted by molar-refractivity contribution is -0.765. The highest BCUT2D eigenvalue weighted by Crippen LogP contribution is 2.09. The second-order valence-electron chi connectivity index (χ2n) is 3.14. The monoisotopic (exact) mass is 196 g/mol. The maximum Gasteiger partial charge on any atom is 0.435 e. The van der Waals surface area contributed by atoms with E-state index >= 15 is 0 Å². The van der Waals surface area contributed by atoms with Crippen molar-refractivity contribution in [2.75, 3.05) is 27.2 Å². The smallest absolute Gasteiger partial charge is 0.226 e. The number of nitrogens with zero attached hydrogens (tertiary/aromatic N) is 1. The van der Waals surface area contributed by atoms with Gasteiger partial charge < -0.3 is 0 Å². The first kappa shape index (κ1) is 11.9. The normalized spacial score (nSPS) is 13.3. The minimum absolute atomic E-state index is 0.118. The van der Waals surface area contributed by atoms with Crippen molar-refractivity contribution in [3.05, 3.63) is 0 Å². The predicted octanol–water partition coefficient (Wildman–Crippen LogP) is 0.754. The van der Waals surface area contributed by atoms with Gasteiger partial charge in [0.05, 0.1) is 27.2 Å². The van der Waals surface area contributed by atoms with E-state index in [1.807, 2.05) is 13.8 Å². The largest absolute Gasteiger partial charge is 0.435 e. The maximum absolute atomic E-state index is 11.4. The quantitative estimate of drug-likeness (QED) is 0.610. The van der Waals surface area contributed by atoms with Gasteiger partial charge in [0, 0.05) is 0 Å². The molecule has 0 aliphatic heterocycles. The minimum Gasteiger partial charge on any atom is -0.226 e. The Morgan fingerprint density at radius 2 is 1.75 bits per heavy atom. The van der Waals surface area contributed by atoms with Gasteiger partial charge in [-0.05, 0) is 13.3 Å². The summed E-state index contributed by atoms with van der Waals surface area (Å²) in [5.74, 6) is 0.